The maximum absolute atomic E-state index is 5.15. The third kappa shape index (κ3) is 3.58. The monoisotopic (exact) mass is 255 g/mol. The van der Waals surface area contributed by atoms with E-state index in [1.807, 2.05) is 18.2 Å². The van der Waals surface area contributed by atoms with Gasteiger partial charge in [-0.25, -0.2) is 0 Å². The maximum atomic E-state index is 5.15. The number of rotatable bonds is 5. The van der Waals surface area contributed by atoms with E-state index in [0.29, 0.717) is 6.04 Å². The molecular weight excluding hydrogens is 234 g/mol. The van der Waals surface area contributed by atoms with Gasteiger partial charge in [0.1, 0.15) is 5.75 Å². The molecule has 0 aliphatic heterocycles. The fourth-order valence-electron chi connectivity index (χ4n) is 2.39. The lowest BCUT2D eigenvalue weighted by Crippen LogP contribution is -2.25. The zero-order chi connectivity index (χ0) is 13.7. The van der Waals surface area contributed by atoms with Gasteiger partial charge in [0.15, 0.2) is 0 Å². The molecule has 0 bridgehead atoms. The Balaban J connectivity index is 1.87. The molecule has 1 aliphatic carbocycles. The first-order valence-electron chi connectivity index (χ1n) is 6.59. The zero-order valence-electron chi connectivity index (χ0n) is 11.5. The average Bonchev–Trinajstić information content (AvgIpc) is 2.78. The zero-order valence-corrected chi connectivity index (χ0v) is 11.5. The third-order valence-electron chi connectivity index (χ3n) is 3.49. The molecule has 1 saturated carbocycles. The Labute approximate surface area is 115 Å². The highest BCUT2D eigenvalue weighted by atomic mass is 16.5. The Bertz CT molecular complexity index is 484. The van der Waals surface area contributed by atoms with Crippen LogP contribution in [0.15, 0.2) is 60.7 Å². The second-order valence-electron chi connectivity index (χ2n) is 4.87. The van der Waals surface area contributed by atoms with Crippen LogP contribution in [0.5, 0.6) is 5.75 Å². The third-order valence-corrected chi connectivity index (χ3v) is 3.49. The number of methoxy groups -OCH3 is 1. The minimum Gasteiger partial charge on any atom is -0.497 e. The largest absolute Gasteiger partial charge is 0.497 e. The molecule has 1 unspecified atom stereocenters. The summed E-state index contributed by atoms with van der Waals surface area (Å²) in [4.78, 5) is 0. The van der Waals surface area contributed by atoms with Crippen LogP contribution in [0.2, 0.25) is 0 Å². The molecule has 2 rings (SSSR count). The summed E-state index contributed by atoms with van der Waals surface area (Å²) < 4.78 is 5.15. The predicted octanol–water partition coefficient (Wildman–Crippen LogP) is 3.62. The molecule has 1 aromatic rings. The Morgan fingerprint density at radius 2 is 2.05 bits per heavy atom. The Kier molecular flexibility index (Phi) is 4.58. The molecule has 0 saturated heterocycles. The Morgan fingerprint density at radius 3 is 2.68 bits per heavy atom. The highest BCUT2D eigenvalue weighted by Crippen LogP contribution is 2.29. The summed E-state index contributed by atoms with van der Waals surface area (Å²) in [6.07, 6.45) is 5.97. The molecule has 19 heavy (non-hydrogen) atoms. The van der Waals surface area contributed by atoms with Gasteiger partial charge >= 0.3 is 0 Å². The number of benzene rings is 1. The fourth-order valence-corrected chi connectivity index (χ4v) is 2.39. The van der Waals surface area contributed by atoms with E-state index in [-0.39, 0.29) is 0 Å². The van der Waals surface area contributed by atoms with Gasteiger partial charge in [-0.2, -0.15) is 0 Å². The molecule has 0 heterocycles. The van der Waals surface area contributed by atoms with Crippen LogP contribution < -0.4 is 10.1 Å². The topological polar surface area (TPSA) is 21.3 Å². The fraction of sp³-hybridized carbons (Fsp3) is 0.294. The van der Waals surface area contributed by atoms with Crippen molar-refractivity contribution < 1.29 is 4.74 Å². The summed E-state index contributed by atoms with van der Waals surface area (Å²) >= 11 is 0. The smallest absolute Gasteiger partial charge is 0.118 e. The van der Waals surface area contributed by atoms with Crippen molar-refractivity contribution in [3.05, 3.63) is 66.3 Å². The standard InChI is InChI=1S/C17H21NO/c1-4-5-15-11-16(10-13(15)2)18-12-14-6-8-17(19-3)9-7-14/h4-9,16,18H,1-2,10-12H2,3H3/b15-5-. The lowest BCUT2D eigenvalue weighted by atomic mass is 10.1. The van der Waals surface area contributed by atoms with Crippen LogP contribution in [-0.4, -0.2) is 13.2 Å². The van der Waals surface area contributed by atoms with E-state index >= 15 is 0 Å². The van der Waals surface area contributed by atoms with Crippen LogP contribution in [0.3, 0.4) is 0 Å². The predicted molar refractivity (Wildman–Crippen MR) is 80.3 cm³/mol. The SMILES string of the molecule is C=C/C=C1/CC(NCc2ccc(OC)cc2)CC1=C. The summed E-state index contributed by atoms with van der Waals surface area (Å²) in [5, 5.41) is 3.58. The van der Waals surface area contributed by atoms with Gasteiger partial charge in [0.2, 0.25) is 0 Å². The van der Waals surface area contributed by atoms with Gasteiger partial charge in [0, 0.05) is 12.6 Å². The molecule has 1 fully saturated rings. The highest BCUT2D eigenvalue weighted by molar-refractivity contribution is 5.37. The second kappa shape index (κ2) is 6.39. The van der Waals surface area contributed by atoms with Gasteiger partial charge in [0.05, 0.1) is 7.11 Å². The van der Waals surface area contributed by atoms with Crippen LogP contribution >= 0.6 is 0 Å². The van der Waals surface area contributed by atoms with E-state index < -0.39 is 0 Å². The summed E-state index contributed by atoms with van der Waals surface area (Å²) in [5.41, 5.74) is 3.82. The minimum absolute atomic E-state index is 0.487. The van der Waals surface area contributed by atoms with Crippen molar-refractivity contribution in [1.29, 1.82) is 0 Å². The van der Waals surface area contributed by atoms with Crippen LogP contribution in [-0.2, 0) is 6.54 Å². The second-order valence-corrected chi connectivity index (χ2v) is 4.87. The molecule has 1 N–H and O–H groups in total. The molecule has 100 valence electrons. The van der Waals surface area contributed by atoms with Crippen LogP contribution in [0.4, 0.5) is 0 Å². The highest BCUT2D eigenvalue weighted by Gasteiger charge is 2.21. The lowest BCUT2D eigenvalue weighted by molar-refractivity contribution is 0.414. The van der Waals surface area contributed by atoms with E-state index in [0.717, 1.165) is 25.1 Å². The van der Waals surface area contributed by atoms with Gasteiger partial charge < -0.3 is 10.1 Å². The molecular formula is C17H21NO. The summed E-state index contributed by atoms with van der Waals surface area (Å²) in [5.74, 6) is 0.897. The van der Waals surface area contributed by atoms with E-state index in [9.17, 15) is 0 Å². The number of allylic oxidation sites excluding steroid dienone is 2. The molecule has 0 radical (unpaired) electrons. The molecule has 0 aromatic heterocycles. The van der Waals surface area contributed by atoms with Crippen molar-refractivity contribution in [2.24, 2.45) is 0 Å². The molecule has 2 nitrogen and oxygen atoms in total. The first kappa shape index (κ1) is 13.6. The Hall–Kier alpha value is -1.80. The molecule has 2 heteroatoms. The van der Waals surface area contributed by atoms with Crippen molar-refractivity contribution in [2.45, 2.75) is 25.4 Å². The summed E-state index contributed by atoms with van der Waals surface area (Å²) in [6.45, 7) is 8.73. The average molecular weight is 255 g/mol. The number of ether oxygens (including phenoxy) is 1. The number of nitrogens with one attached hydrogen (secondary N) is 1. The molecule has 0 amide bonds. The molecule has 1 aliphatic rings. The van der Waals surface area contributed by atoms with Crippen LogP contribution in [0, 0.1) is 0 Å². The van der Waals surface area contributed by atoms with Crippen molar-refractivity contribution in [2.75, 3.05) is 7.11 Å². The first-order chi connectivity index (χ1) is 9.22. The van der Waals surface area contributed by atoms with Crippen molar-refractivity contribution in [3.63, 3.8) is 0 Å². The Morgan fingerprint density at radius 1 is 1.32 bits per heavy atom. The van der Waals surface area contributed by atoms with Crippen molar-refractivity contribution >= 4 is 0 Å². The molecule has 1 atom stereocenters. The van der Waals surface area contributed by atoms with Gasteiger partial charge in [-0.05, 0) is 36.1 Å². The lowest BCUT2D eigenvalue weighted by Gasteiger charge is -2.11. The van der Waals surface area contributed by atoms with Crippen molar-refractivity contribution in [3.8, 4) is 5.75 Å². The van der Waals surface area contributed by atoms with E-state index in [4.69, 9.17) is 4.74 Å². The van der Waals surface area contributed by atoms with Gasteiger partial charge in [0.25, 0.3) is 0 Å². The molecule has 0 spiro atoms. The molecule has 1 aromatic carbocycles. The first-order valence-corrected chi connectivity index (χ1v) is 6.59. The van der Waals surface area contributed by atoms with Crippen LogP contribution in [0.1, 0.15) is 18.4 Å². The number of hydrogen-bond donors (Lipinski definition) is 1. The summed E-state index contributed by atoms with van der Waals surface area (Å²) in [7, 11) is 1.69. The normalized spacial score (nSPS) is 20.8. The summed E-state index contributed by atoms with van der Waals surface area (Å²) in [6, 6.07) is 8.66. The van der Waals surface area contributed by atoms with E-state index in [2.05, 4.69) is 36.7 Å². The van der Waals surface area contributed by atoms with Gasteiger partial charge in [-0.15, -0.1) is 0 Å². The maximum Gasteiger partial charge on any atom is 0.118 e. The quantitative estimate of drug-likeness (QED) is 0.867. The minimum atomic E-state index is 0.487. The van der Waals surface area contributed by atoms with Crippen molar-refractivity contribution in [1.82, 2.24) is 5.32 Å². The number of hydrogen-bond acceptors (Lipinski definition) is 2. The van der Waals surface area contributed by atoms with E-state index in [1.165, 1.54) is 16.7 Å². The van der Waals surface area contributed by atoms with Gasteiger partial charge in [-0.3, -0.25) is 0 Å². The van der Waals surface area contributed by atoms with Crippen LogP contribution in [0.25, 0.3) is 0 Å². The van der Waals surface area contributed by atoms with Gasteiger partial charge in [-0.1, -0.05) is 43.0 Å². The van der Waals surface area contributed by atoms with E-state index in [1.54, 1.807) is 7.11 Å².